The third-order valence-corrected chi connectivity index (χ3v) is 34.1. The molecule has 2 N–H and O–H groups in total. The second-order valence-corrected chi connectivity index (χ2v) is 39.7. The summed E-state index contributed by atoms with van der Waals surface area (Å²) in [6, 6.07) is 83.6. The summed E-state index contributed by atoms with van der Waals surface area (Å²) in [4.78, 5) is 42.9. The molecular formula is C87H83BCl2F12I2O10P2. The first kappa shape index (κ1) is 96.7. The van der Waals surface area contributed by atoms with Gasteiger partial charge in [0.2, 0.25) is 0 Å². The SMILES string of the molecule is COC(=O)C[C@H](CCI)c1cccc(C(F)(F)F)c1.COC(=O)C[C@H](CC[I-][P+](c1ccccc1)(c1ccccc1)c1ccccc1)c1cccc(C(F)(F)F)c1.ClCCl.O=C1C=CCCO1.O=C1CC(c2cccc(C(F)(F)F)c2)CCO1.OB(O)c1cccc(C(F)(F)F)c1.c1ccc(P(c2ccccc2)c2ccccc2)cc1. The third-order valence-electron chi connectivity index (χ3n) is 17.3. The minimum atomic E-state index is -4.45. The molecule has 0 aliphatic carbocycles. The number of ether oxygens (including phenoxy) is 4. The van der Waals surface area contributed by atoms with Crippen LogP contribution in [0.3, 0.4) is 0 Å². The van der Waals surface area contributed by atoms with Crippen molar-refractivity contribution in [2.45, 2.75) is 87.4 Å². The Bertz CT molecular complexity index is 4420. The number of rotatable bonds is 20. The predicted octanol–water partition coefficient (Wildman–Crippen LogP) is 16.8. The summed E-state index contributed by atoms with van der Waals surface area (Å²) < 4.78 is 172. The third kappa shape index (κ3) is 32.3. The van der Waals surface area contributed by atoms with Crippen LogP contribution in [0.1, 0.15) is 102 Å². The van der Waals surface area contributed by atoms with Crippen LogP contribution in [0, 0.1) is 0 Å². The Morgan fingerprint density at radius 1 is 0.509 bits per heavy atom. The van der Waals surface area contributed by atoms with E-state index < -0.39 is 99.5 Å². The molecule has 2 aliphatic rings. The number of methoxy groups -OCH3 is 2. The summed E-state index contributed by atoms with van der Waals surface area (Å²) in [5, 5.41) is 25.5. The second-order valence-electron chi connectivity index (χ2n) is 25.2. The van der Waals surface area contributed by atoms with Gasteiger partial charge in [0, 0.05) is 16.9 Å². The van der Waals surface area contributed by atoms with Gasteiger partial charge in [0.1, 0.15) is 0 Å². The molecule has 2 aliphatic heterocycles. The molecular weight excluding hydrogens is 1830 g/mol. The fraction of sp³-hybridized carbons (Fsp3) is 0.241. The number of carbonyl (C=O) groups is 4. The van der Waals surface area contributed by atoms with Gasteiger partial charge in [-0.3, -0.25) is 9.59 Å². The number of hydrogen-bond acceptors (Lipinski definition) is 10. The molecule has 0 amide bonds. The molecule has 12 rings (SSSR count). The van der Waals surface area contributed by atoms with Crippen molar-refractivity contribution in [2.24, 2.45) is 0 Å². The zero-order chi connectivity index (χ0) is 84.7. The Kier molecular flexibility index (Phi) is 41.1. The van der Waals surface area contributed by atoms with Gasteiger partial charge < -0.3 is 24.3 Å². The van der Waals surface area contributed by atoms with Crippen molar-refractivity contribution < 1.29 is 122 Å². The van der Waals surface area contributed by atoms with E-state index in [4.69, 9.17) is 42.7 Å². The van der Waals surface area contributed by atoms with Crippen LogP contribution >= 0.6 is 58.6 Å². The molecule has 10 aromatic rings. The Morgan fingerprint density at radius 3 is 1.22 bits per heavy atom. The standard InChI is InChI=1S/C31H29F3IO2P.C18H15P.C13H14F3IO2.C12H11F3O2.C7H6BF3O2.C5H6O2.CH2Cl2/c1-37-30(36)23-25(24-12-11-13-26(22-24)31(32,33)34)20-21-35-38(27-14-5-2-6-15-27,28-16-7-3-8-17-28)29-18-9-4-10-19-29;1-4-10-16(11-5-1)19(17-12-6-2-7-13-17)18-14-8-3-9-15-18;1-19-12(18)8-10(5-6-17)9-3-2-4-11(7-9)13(14,15)16;13-12(14,15)10-3-1-2-8(6-10)9-4-5-17-11(16)7-9;9-7(10,11)5-2-1-3-6(4-5)8(12)13;6-5-3-1-2-4-7-5;2-1-3/h2-19,22,25H,20-21,23H2,1H3;1-15H;2-4,7,10H,5-6,8H2,1H3;1-3,6,9H,4-5,7H2;1-4,12-13H;1,3H,2,4H2;1H2/t25-;;10-;;;;/m0.0..../s1. The number of cyclic esters (lactones) is 2. The van der Waals surface area contributed by atoms with Gasteiger partial charge >= 0.3 is 277 Å². The van der Waals surface area contributed by atoms with Crippen LogP contribution in [-0.4, -0.2) is 82.7 Å². The average Bonchev–Trinajstić information content (AvgIpc) is 0.754. The summed E-state index contributed by atoms with van der Waals surface area (Å²) in [7, 11) is 0.269. The van der Waals surface area contributed by atoms with E-state index in [9.17, 15) is 71.9 Å². The van der Waals surface area contributed by atoms with Crippen molar-refractivity contribution >= 4 is 127 Å². The molecule has 2 heterocycles. The van der Waals surface area contributed by atoms with Crippen molar-refractivity contribution in [3.05, 3.63) is 330 Å². The summed E-state index contributed by atoms with van der Waals surface area (Å²) >= 11 is 11.2. The minimum absolute atomic E-state index is 0.0506. The summed E-state index contributed by atoms with van der Waals surface area (Å²) in [6.07, 6.45) is -11.3. The fourth-order valence-electron chi connectivity index (χ4n) is 11.7. The summed E-state index contributed by atoms with van der Waals surface area (Å²) in [5.74, 6) is -2.16. The second kappa shape index (κ2) is 49.3. The van der Waals surface area contributed by atoms with E-state index in [0.717, 1.165) is 57.7 Å². The topological polar surface area (TPSA) is 146 Å². The van der Waals surface area contributed by atoms with E-state index in [1.54, 1.807) is 18.2 Å². The van der Waals surface area contributed by atoms with E-state index in [1.165, 1.54) is 82.5 Å². The molecule has 0 bridgehead atoms. The largest absolute Gasteiger partial charge is 0.488 e. The quantitative estimate of drug-likeness (QED) is 0.0144. The van der Waals surface area contributed by atoms with E-state index in [0.29, 0.717) is 48.6 Å². The molecule has 0 spiro atoms. The van der Waals surface area contributed by atoms with Gasteiger partial charge in [0.05, 0.1) is 55.2 Å². The van der Waals surface area contributed by atoms with Crippen molar-refractivity contribution in [1.29, 1.82) is 0 Å². The summed E-state index contributed by atoms with van der Waals surface area (Å²) in [6.45, 7) is 0.828. The molecule has 1 fully saturated rings. The number of alkyl halides is 16. The van der Waals surface area contributed by atoms with Crippen molar-refractivity contribution in [1.82, 2.24) is 0 Å². The number of hydrogen-bond donors (Lipinski definition) is 2. The summed E-state index contributed by atoms with van der Waals surface area (Å²) in [5.41, 5.74) is -1.51. The van der Waals surface area contributed by atoms with Crippen LogP contribution in [0.2, 0.25) is 0 Å². The van der Waals surface area contributed by atoms with Gasteiger partial charge in [-0.05, 0) is 77.2 Å². The first-order chi connectivity index (χ1) is 55.4. The normalized spacial score (nSPS) is 13.7. The van der Waals surface area contributed by atoms with Gasteiger partial charge in [-0.1, -0.05) is 180 Å². The average molecular weight is 1910 g/mol. The molecule has 3 atom stereocenters. The molecule has 116 heavy (non-hydrogen) atoms. The van der Waals surface area contributed by atoms with Gasteiger partial charge in [-0.15, -0.1) is 23.2 Å². The molecule has 1 saturated heterocycles. The van der Waals surface area contributed by atoms with Crippen LogP contribution in [0.25, 0.3) is 0 Å². The minimum Gasteiger partial charge on any atom is -0.466 e. The van der Waals surface area contributed by atoms with Crippen molar-refractivity contribution in [2.75, 3.05) is 41.6 Å². The molecule has 29 heteroatoms. The molecule has 616 valence electrons. The van der Waals surface area contributed by atoms with Crippen LogP contribution in [-0.2, 0) is 62.8 Å². The van der Waals surface area contributed by atoms with E-state index in [-0.39, 0.29) is 66.4 Å². The zero-order valence-electron chi connectivity index (χ0n) is 62.6. The first-order valence-corrected chi connectivity index (χ1v) is 45.9. The number of esters is 4. The maximum Gasteiger partial charge on any atom is 0.488 e. The number of carbonyl (C=O) groups excluding carboxylic acids is 4. The Hall–Kier alpha value is -8.14. The van der Waals surface area contributed by atoms with Crippen LogP contribution in [0.4, 0.5) is 52.7 Å². The van der Waals surface area contributed by atoms with Gasteiger partial charge in [0.15, 0.2) is 0 Å². The van der Waals surface area contributed by atoms with Crippen LogP contribution < -0.4 is 57.9 Å². The fourth-order valence-corrected chi connectivity index (χ4v) is 28.4. The predicted molar refractivity (Wildman–Crippen MR) is 442 cm³/mol. The maximum absolute atomic E-state index is 13.4. The Morgan fingerprint density at radius 2 is 0.879 bits per heavy atom. The van der Waals surface area contributed by atoms with Crippen molar-refractivity contribution in [3.63, 3.8) is 0 Å². The Labute approximate surface area is 702 Å². The number of benzene rings is 10. The smallest absolute Gasteiger partial charge is 0.466 e. The molecule has 0 aromatic heterocycles. The van der Waals surface area contributed by atoms with Crippen LogP contribution in [0.15, 0.2) is 291 Å². The van der Waals surface area contributed by atoms with E-state index in [2.05, 4.69) is 196 Å². The maximum atomic E-state index is 13.4. The van der Waals surface area contributed by atoms with Crippen LogP contribution in [0.5, 0.6) is 0 Å². The molecule has 10 nitrogen and oxygen atoms in total. The van der Waals surface area contributed by atoms with Crippen molar-refractivity contribution in [3.8, 4) is 0 Å². The van der Waals surface area contributed by atoms with Gasteiger partial charge in [-0.25, -0.2) is 4.79 Å². The van der Waals surface area contributed by atoms with Gasteiger partial charge in [-0.2, -0.15) is 39.5 Å². The molecule has 0 radical (unpaired) electrons. The number of halogens is 16. The van der Waals surface area contributed by atoms with Gasteiger partial charge in [0.25, 0.3) is 0 Å². The molecule has 0 saturated carbocycles. The molecule has 10 aromatic carbocycles. The molecule has 1 unspecified atom stereocenters. The Balaban J connectivity index is 0.000000230. The monoisotopic (exact) mass is 1910 g/mol. The van der Waals surface area contributed by atoms with E-state index in [1.807, 2.05) is 24.3 Å². The zero-order valence-corrected chi connectivity index (χ0v) is 70.2. The van der Waals surface area contributed by atoms with E-state index >= 15 is 0 Å². The first-order valence-electron chi connectivity index (χ1n) is 35.8.